The fraction of sp³-hybridized carbons (Fsp3) is 0.300. The zero-order valence-electron chi connectivity index (χ0n) is 7.46. The molecule has 1 saturated heterocycles. The molecule has 0 bridgehead atoms. The van der Waals surface area contributed by atoms with Crippen LogP contribution in [-0.4, -0.2) is 18.9 Å². The SMILES string of the molecule is O=C1CCN(c2ccc(Cl)cc2I)C1. The molecule has 0 atom stereocenters. The normalized spacial score (nSPS) is 16.4. The Balaban J connectivity index is 2.28. The Morgan fingerprint density at radius 2 is 2.21 bits per heavy atom. The lowest BCUT2D eigenvalue weighted by molar-refractivity contribution is -0.116. The van der Waals surface area contributed by atoms with Crippen LogP contribution in [0.15, 0.2) is 18.2 Å². The lowest BCUT2D eigenvalue weighted by Gasteiger charge is -2.18. The quantitative estimate of drug-likeness (QED) is 0.741. The molecule has 0 aromatic heterocycles. The van der Waals surface area contributed by atoms with E-state index in [0.29, 0.717) is 18.7 Å². The van der Waals surface area contributed by atoms with Gasteiger partial charge in [-0.15, -0.1) is 0 Å². The summed E-state index contributed by atoms with van der Waals surface area (Å²) in [6, 6.07) is 5.75. The van der Waals surface area contributed by atoms with Gasteiger partial charge >= 0.3 is 0 Å². The standard InChI is InChI=1S/C10H9ClINO/c11-7-1-2-10(9(12)5-7)13-4-3-8(14)6-13/h1-2,5H,3-4,6H2. The van der Waals surface area contributed by atoms with E-state index in [4.69, 9.17) is 11.6 Å². The first-order valence-corrected chi connectivity index (χ1v) is 5.84. The van der Waals surface area contributed by atoms with Crippen LogP contribution in [0.5, 0.6) is 0 Å². The van der Waals surface area contributed by atoms with Gasteiger partial charge in [0, 0.05) is 21.6 Å². The van der Waals surface area contributed by atoms with Crippen LogP contribution in [0.3, 0.4) is 0 Å². The molecule has 0 radical (unpaired) electrons. The molecule has 2 nitrogen and oxygen atoms in total. The van der Waals surface area contributed by atoms with E-state index in [2.05, 4.69) is 27.5 Å². The predicted octanol–water partition coefficient (Wildman–Crippen LogP) is 2.72. The Hall–Kier alpha value is -0.290. The molecule has 74 valence electrons. The van der Waals surface area contributed by atoms with Gasteiger partial charge in [0.25, 0.3) is 0 Å². The molecule has 4 heteroatoms. The van der Waals surface area contributed by atoms with Crippen LogP contribution < -0.4 is 4.90 Å². The highest BCUT2D eigenvalue weighted by molar-refractivity contribution is 14.1. The second kappa shape index (κ2) is 4.06. The molecule has 1 aromatic rings. The Labute approximate surface area is 101 Å². The van der Waals surface area contributed by atoms with Gasteiger partial charge in [0.2, 0.25) is 0 Å². The van der Waals surface area contributed by atoms with Crippen LogP contribution in [-0.2, 0) is 4.79 Å². The molecule has 1 aliphatic rings. The third-order valence-corrected chi connectivity index (χ3v) is 3.38. The van der Waals surface area contributed by atoms with Crippen molar-refractivity contribution in [2.75, 3.05) is 18.0 Å². The van der Waals surface area contributed by atoms with Gasteiger partial charge in [-0.2, -0.15) is 0 Å². The maximum atomic E-state index is 11.1. The van der Waals surface area contributed by atoms with Crippen molar-refractivity contribution in [2.45, 2.75) is 6.42 Å². The van der Waals surface area contributed by atoms with Crippen molar-refractivity contribution >= 4 is 45.7 Å². The molecule has 1 heterocycles. The maximum Gasteiger partial charge on any atom is 0.153 e. The summed E-state index contributed by atoms with van der Waals surface area (Å²) in [5, 5.41) is 0.740. The monoisotopic (exact) mass is 321 g/mol. The van der Waals surface area contributed by atoms with E-state index in [1.807, 2.05) is 18.2 Å². The van der Waals surface area contributed by atoms with E-state index in [9.17, 15) is 4.79 Å². The average Bonchev–Trinajstić information content (AvgIpc) is 2.51. The highest BCUT2D eigenvalue weighted by Gasteiger charge is 2.20. The summed E-state index contributed by atoms with van der Waals surface area (Å²) < 4.78 is 1.10. The average molecular weight is 322 g/mol. The second-order valence-electron chi connectivity index (χ2n) is 3.31. The summed E-state index contributed by atoms with van der Waals surface area (Å²) in [5.41, 5.74) is 1.11. The third kappa shape index (κ3) is 2.03. The summed E-state index contributed by atoms with van der Waals surface area (Å²) in [6.45, 7) is 1.37. The molecule has 0 N–H and O–H groups in total. The Kier molecular flexibility index (Phi) is 2.97. The first-order valence-electron chi connectivity index (χ1n) is 4.38. The minimum absolute atomic E-state index is 0.316. The molecule has 1 aromatic carbocycles. The number of carbonyl (C=O) groups is 1. The Morgan fingerprint density at radius 3 is 2.79 bits per heavy atom. The van der Waals surface area contributed by atoms with Gasteiger partial charge in [-0.25, -0.2) is 0 Å². The number of rotatable bonds is 1. The fourth-order valence-corrected chi connectivity index (χ4v) is 2.79. The zero-order valence-corrected chi connectivity index (χ0v) is 10.4. The molecule has 0 spiro atoms. The number of halogens is 2. The van der Waals surface area contributed by atoms with E-state index >= 15 is 0 Å². The first-order chi connectivity index (χ1) is 6.66. The van der Waals surface area contributed by atoms with Crippen LogP contribution in [0.4, 0.5) is 5.69 Å². The predicted molar refractivity (Wildman–Crippen MR) is 66.0 cm³/mol. The third-order valence-electron chi connectivity index (χ3n) is 2.28. The van der Waals surface area contributed by atoms with Crippen molar-refractivity contribution in [1.82, 2.24) is 0 Å². The fourth-order valence-electron chi connectivity index (χ4n) is 1.57. The van der Waals surface area contributed by atoms with E-state index in [1.165, 1.54) is 0 Å². The van der Waals surface area contributed by atoms with E-state index in [-0.39, 0.29) is 0 Å². The van der Waals surface area contributed by atoms with Crippen molar-refractivity contribution in [3.05, 3.63) is 26.8 Å². The number of hydrogen-bond acceptors (Lipinski definition) is 2. The van der Waals surface area contributed by atoms with Gasteiger partial charge in [-0.1, -0.05) is 11.6 Å². The van der Waals surface area contributed by atoms with Gasteiger partial charge in [0.1, 0.15) is 0 Å². The maximum absolute atomic E-state index is 11.1. The largest absolute Gasteiger partial charge is 0.363 e. The second-order valence-corrected chi connectivity index (χ2v) is 4.90. The summed E-state index contributed by atoms with van der Waals surface area (Å²) in [4.78, 5) is 13.2. The van der Waals surface area contributed by atoms with Crippen molar-refractivity contribution in [3.63, 3.8) is 0 Å². The van der Waals surface area contributed by atoms with Crippen LogP contribution in [0.1, 0.15) is 6.42 Å². The molecule has 14 heavy (non-hydrogen) atoms. The van der Waals surface area contributed by atoms with Crippen molar-refractivity contribution < 1.29 is 4.79 Å². The van der Waals surface area contributed by atoms with Crippen LogP contribution in [0.2, 0.25) is 5.02 Å². The highest BCUT2D eigenvalue weighted by Crippen LogP contribution is 2.27. The molecule has 0 aliphatic carbocycles. The summed E-state index contributed by atoms with van der Waals surface area (Å²) >= 11 is 8.11. The Bertz CT molecular complexity index is 380. The lowest BCUT2D eigenvalue weighted by Crippen LogP contribution is -2.20. The van der Waals surface area contributed by atoms with Gasteiger partial charge in [-0.05, 0) is 40.8 Å². The molecule has 0 amide bonds. The zero-order chi connectivity index (χ0) is 10.1. The van der Waals surface area contributed by atoms with Gasteiger partial charge < -0.3 is 4.90 Å². The molecule has 0 unspecified atom stereocenters. The van der Waals surface area contributed by atoms with Gasteiger partial charge in [0.05, 0.1) is 12.2 Å². The van der Waals surface area contributed by atoms with Crippen molar-refractivity contribution in [1.29, 1.82) is 0 Å². The van der Waals surface area contributed by atoms with E-state index in [0.717, 1.165) is 20.8 Å². The molecule has 1 aliphatic heterocycles. The molecular formula is C10H9ClINO. The lowest BCUT2D eigenvalue weighted by atomic mass is 10.3. The Morgan fingerprint density at radius 1 is 1.43 bits per heavy atom. The summed E-state index contributed by atoms with van der Waals surface area (Å²) in [7, 11) is 0. The van der Waals surface area contributed by atoms with Crippen molar-refractivity contribution in [2.24, 2.45) is 0 Å². The molecule has 0 saturated carbocycles. The number of Topliss-reactive ketones (excluding diaryl/α,β-unsaturated/α-hetero) is 1. The van der Waals surface area contributed by atoms with Gasteiger partial charge in [0.15, 0.2) is 5.78 Å². The molecule has 2 rings (SSSR count). The number of ketones is 1. The first kappa shape index (κ1) is 10.2. The highest BCUT2D eigenvalue weighted by atomic mass is 127. The number of nitrogens with zero attached hydrogens (tertiary/aromatic N) is 1. The van der Waals surface area contributed by atoms with Crippen LogP contribution in [0, 0.1) is 3.57 Å². The number of carbonyl (C=O) groups excluding carboxylic acids is 1. The number of benzene rings is 1. The minimum atomic E-state index is 0.316. The topological polar surface area (TPSA) is 20.3 Å². The van der Waals surface area contributed by atoms with Crippen LogP contribution in [0.25, 0.3) is 0 Å². The minimum Gasteiger partial charge on any atom is -0.363 e. The number of anilines is 1. The van der Waals surface area contributed by atoms with Crippen molar-refractivity contribution in [3.8, 4) is 0 Å². The summed E-state index contributed by atoms with van der Waals surface area (Å²) in [6.07, 6.45) is 0.665. The summed E-state index contributed by atoms with van der Waals surface area (Å²) in [5.74, 6) is 0.316. The van der Waals surface area contributed by atoms with Gasteiger partial charge in [-0.3, -0.25) is 4.79 Å². The van der Waals surface area contributed by atoms with Crippen LogP contribution >= 0.6 is 34.2 Å². The molecule has 1 fully saturated rings. The van der Waals surface area contributed by atoms with E-state index < -0.39 is 0 Å². The smallest absolute Gasteiger partial charge is 0.153 e. The number of hydrogen-bond donors (Lipinski definition) is 0. The molecular weight excluding hydrogens is 312 g/mol. The van der Waals surface area contributed by atoms with E-state index in [1.54, 1.807) is 0 Å².